The highest BCUT2D eigenvalue weighted by molar-refractivity contribution is 5.50. The molecule has 1 aliphatic rings. The Hall–Kier alpha value is -1.77. The van der Waals surface area contributed by atoms with Gasteiger partial charge in [0.15, 0.2) is 0 Å². The molecule has 0 amide bonds. The number of benzene rings is 1. The maximum absolute atomic E-state index is 4.22. The normalized spacial score (nSPS) is 20.7. The van der Waals surface area contributed by atoms with Crippen molar-refractivity contribution in [2.24, 2.45) is 0 Å². The Bertz CT molecular complexity index is 569. The van der Waals surface area contributed by atoms with Crippen LogP contribution in [0.15, 0.2) is 30.5 Å². The molecule has 1 aromatic heterocycles. The average molecular weight is 241 g/mol. The molecule has 2 aromatic rings. The van der Waals surface area contributed by atoms with E-state index in [1.54, 1.807) is 0 Å². The van der Waals surface area contributed by atoms with Gasteiger partial charge in [-0.15, -0.1) is 0 Å². The zero-order chi connectivity index (χ0) is 12.8. The Morgan fingerprint density at radius 2 is 2.22 bits per heavy atom. The van der Waals surface area contributed by atoms with E-state index in [2.05, 4.69) is 53.6 Å². The van der Waals surface area contributed by atoms with Crippen LogP contribution in [-0.4, -0.2) is 17.2 Å². The maximum atomic E-state index is 4.22. The van der Waals surface area contributed by atoms with Crippen molar-refractivity contribution in [3.05, 3.63) is 47.3 Å². The third-order valence-electron chi connectivity index (χ3n) is 4.01. The predicted molar refractivity (Wildman–Crippen MR) is 74.1 cm³/mol. The molecule has 0 saturated carbocycles. The van der Waals surface area contributed by atoms with E-state index in [9.17, 15) is 0 Å². The van der Waals surface area contributed by atoms with Gasteiger partial charge in [-0.3, -0.25) is 5.10 Å². The van der Waals surface area contributed by atoms with Crippen LogP contribution in [-0.2, 0) is 5.41 Å². The van der Waals surface area contributed by atoms with Gasteiger partial charge in [0.05, 0.1) is 6.20 Å². The quantitative estimate of drug-likeness (QED) is 0.847. The molecule has 1 aromatic carbocycles. The van der Waals surface area contributed by atoms with Crippen LogP contribution in [0, 0.1) is 0 Å². The lowest BCUT2D eigenvalue weighted by atomic mass is 9.86. The van der Waals surface area contributed by atoms with Gasteiger partial charge in [0.1, 0.15) is 0 Å². The lowest BCUT2D eigenvalue weighted by Gasteiger charge is -2.19. The molecule has 3 nitrogen and oxygen atoms in total. The van der Waals surface area contributed by atoms with E-state index in [1.807, 2.05) is 13.2 Å². The standard InChI is InChI=1S/C15H19N3/c1-15(2)8-12(13-9-17-18-14(13)15)10-5-4-6-11(7-10)16-3/h4-7,9,12,16H,8H2,1-3H3,(H,17,18). The number of hydrogen-bond donors (Lipinski definition) is 2. The number of hydrogen-bond acceptors (Lipinski definition) is 2. The van der Waals surface area contributed by atoms with Crippen LogP contribution < -0.4 is 5.32 Å². The molecule has 2 N–H and O–H groups in total. The molecular weight excluding hydrogens is 222 g/mol. The lowest BCUT2D eigenvalue weighted by molar-refractivity contribution is 0.483. The molecule has 0 bridgehead atoms. The average Bonchev–Trinajstić information content (AvgIpc) is 2.93. The van der Waals surface area contributed by atoms with Crippen LogP contribution in [0.2, 0.25) is 0 Å². The summed E-state index contributed by atoms with van der Waals surface area (Å²) < 4.78 is 0. The first kappa shape index (κ1) is 11.3. The van der Waals surface area contributed by atoms with E-state index in [0.29, 0.717) is 5.92 Å². The van der Waals surface area contributed by atoms with Crippen LogP contribution in [0.1, 0.15) is 43.0 Å². The second-order valence-corrected chi connectivity index (χ2v) is 5.72. The summed E-state index contributed by atoms with van der Waals surface area (Å²) in [5.41, 5.74) is 5.37. The second-order valence-electron chi connectivity index (χ2n) is 5.72. The maximum Gasteiger partial charge on any atom is 0.0528 e. The molecule has 0 saturated heterocycles. The molecular formula is C15H19N3. The minimum absolute atomic E-state index is 0.187. The third kappa shape index (κ3) is 1.62. The second kappa shape index (κ2) is 3.87. The SMILES string of the molecule is CNc1cccc(C2CC(C)(C)c3[nH]ncc32)c1. The predicted octanol–water partition coefficient (Wildman–Crippen LogP) is 3.26. The van der Waals surface area contributed by atoms with E-state index in [1.165, 1.54) is 22.5 Å². The van der Waals surface area contributed by atoms with Gasteiger partial charge >= 0.3 is 0 Å². The van der Waals surface area contributed by atoms with Gasteiger partial charge in [-0.1, -0.05) is 26.0 Å². The lowest BCUT2D eigenvalue weighted by Crippen LogP contribution is -2.14. The van der Waals surface area contributed by atoms with Crippen molar-refractivity contribution >= 4 is 5.69 Å². The first-order valence-electron chi connectivity index (χ1n) is 6.43. The fourth-order valence-electron chi connectivity index (χ4n) is 3.03. The van der Waals surface area contributed by atoms with Crippen LogP contribution in [0.3, 0.4) is 0 Å². The molecule has 0 aliphatic heterocycles. The first-order chi connectivity index (χ1) is 8.62. The number of fused-ring (bicyclic) bond motifs is 1. The van der Waals surface area contributed by atoms with Crippen molar-refractivity contribution in [3.63, 3.8) is 0 Å². The van der Waals surface area contributed by atoms with E-state index < -0.39 is 0 Å². The highest BCUT2D eigenvalue weighted by Crippen LogP contribution is 2.47. The van der Waals surface area contributed by atoms with Crippen molar-refractivity contribution in [1.29, 1.82) is 0 Å². The van der Waals surface area contributed by atoms with E-state index in [0.717, 1.165) is 6.42 Å². The smallest absolute Gasteiger partial charge is 0.0528 e. The van der Waals surface area contributed by atoms with Crippen molar-refractivity contribution in [2.75, 3.05) is 12.4 Å². The van der Waals surface area contributed by atoms with Gasteiger partial charge in [0, 0.05) is 35.3 Å². The topological polar surface area (TPSA) is 40.7 Å². The molecule has 1 unspecified atom stereocenters. The fraction of sp³-hybridized carbons (Fsp3) is 0.400. The van der Waals surface area contributed by atoms with E-state index in [-0.39, 0.29) is 5.41 Å². The fourth-order valence-corrected chi connectivity index (χ4v) is 3.03. The molecule has 3 rings (SSSR count). The van der Waals surface area contributed by atoms with Gasteiger partial charge < -0.3 is 5.32 Å². The van der Waals surface area contributed by atoms with Crippen LogP contribution in [0.25, 0.3) is 0 Å². The summed E-state index contributed by atoms with van der Waals surface area (Å²) in [7, 11) is 1.96. The van der Waals surface area contributed by atoms with E-state index in [4.69, 9.17) is 0 Å². The van der Waals surface area contributed by atoms with Crippen LogP contribution in [0.5, 0.6) is 0 Å². The molecule has 3 heteroatoms. The number of rotatable bonds is 2. The first-order valence-corrected chi connectivity index (χ1v) is 6.43. The van der Waals surface area contributed by atoms with Crippen LogP contribution >= 0.6 is 0 Å². The Morgan fingerprint density at radius 3 is 3.00 bits per heavy atom. The molecule has 1 aliphatic carbocycles. The summed E-state index contributed by atoms with van der Waals surface area (Å²) in [6, 6.07) is 8.67. The summed E-state index contributed by atoms with van der Waals surface area (Å²) in [5.74, 6) is 0.460. The molecule has 0 spiro atoms. The largest absolute Gasteiger partial charge is 0.388 e. The number of nitrogens with zero attached hydrogens (tertiary/aromatic N) is 1. The van der Waals surface area contributed by atoms with Crippen molar-refractivity contribution in [3.8, 4) is 0 Å². The summed E-state index contributed by atoms with van der Waals surface area (Å²) in [6.45, 7) is 4.57. The number of aromatic amines is 1. The zero-order valence-electron chi connectivity index (χ0n) is 11.1. The molecule has 0 radical (unpaired) electrons. The summed E-state index contributed by atoms with van der Waals surface area (Å²) >= 11 is 0. The van der Waals surface area contributed by atoms with Gasteiger partial charge in [-0.25, -0.2) is 0 Å². The minimum atomic E-state index is 0.187. The zero-order valence-corrected chi connectivity index (χ0v) is 11.1. The number of aromatic nitrogens is 2. The minimum Gasteiger partial charge on any atom is -0.388 e. The van der Waals surface area contributed by atoms with Crippen molar-refractivity contribution in [2.45, 2.75) is 31.6 Å². The van der Waals surface area contributed by atoms with Gasteiger partial charge in [-0.05, 0) is 24.1 Å². The highest BCUT2D eigenvalue weighted by Gasteiger charge is 2.39. The number of nitrogens with one attached hydrogen (secondary N) is 2. The Labute approximate surface area is 108 Å². The van der Waals surface area contributed by atoms with Gasteiger partial charge in [0.2, 0.25) is 0 Å². The monoisotopic (exact) mass is 241 g/mol. The van der Waals surface area contributed by atoms with Crippen molar-refractivity contribution in [1.82, 2.24) is 10.2 Å². The third-order valence-corrected chi connectivity index (χ3v) is 4.01. The molecule has 1 heterocycles. The van der Waals surface area contributed by atoms with E-state index >= 15 is 0 Å². The molecule has 18 heavy (non-hydrogen) atoms. The molecule has 1 atom stereocenters. The molecule has 94 valence electrons. The summed E-state index contributed by atoms with van der Waals surface area (Å²) in [5, 5.41) is 10.6. The number of anilines is 1. The Kier molecular flexibility index (Phi) is 2.44. The highest BCUT2D eigenvalue weighted by atomic mass is 15.1. The van der Waals surface area contributed by atoms with Crippen LogP contribution in [0.4, 0.5) is 5.69 Å². The van der Waals surface area contributed by atoms with Gasteiger partial charge in [-0.2, -0.15) is 5.10 Å². The number of H-pyrrole nitrogens is 1. The van der Waals surface area contributed by atoms with Gasteiger partial charge in [0.25, 0.3) is 0 Å². The summed E-state index contributed by atoms with van der Waals surface area (Å²) in [6.07, 6.45) is 3.13. The van der Waals surface area contributed by atoms with Crippen molar-refractivity contribution < 1.29 is 0 Å². The Balaban J connectivity index is 2.04. The molecule has 0 fully saturated rings. The Morgan fingerprint density at radius 1 is 1.39 bits per heavy atom. The summed E-state index contributed by atoms with van der Waals surface area (Å²) in [4.78, 5) is 0.